The fraction of sp³-hybridized carbons (Fsp3) is 0.111. The molecule has 0 saturated heterocycles. The summed E-state index contributed by atoms with van der Waals surface area (Å²) < 4.78 is 13.3. The predicted octanol–water partition coefficient (Wildman–Crippen LogP) is 4.12. The van der Waals surface area contributed by atoms with Gasteiger partial charge in [-0.25, -0.2) is 4.39 Å². The Morgan fingerprint density at radius 2 is 1.71 bits per heavy atom. The minimum atomic E-state index is -0.297. The topological polar surface area (TPSA) is 32.3 Å². The van der Waals surface area contributed by atoms with E-state index in [4.69, 9.17) is 0 Å². The van der Waals surface area contributed by atoms with Crippen molar-refractivity contribution in [2.75, 3.05) is 11.9 Å². The maximum atomic E-state index is 13.3. The molecule has 3 aromatic rings. The lowest BCUT2D eigenvalue weighted by Gasteiger charge is -2.20. The van der Waals surface area contributed by atoms with Gasteiger partial charge in [-0.2, -0.15) is 0 Å². The predicted molar refractivity (Wildman–Crippen MR) is 83.8 cm³/mol. The first-order valence-corrected chi connectivity index (χ1v) is 6.88. The average Bonchev–Trinajstić information content (AvgIpc) is 2.52. The normalized spacial score (nSPS) is 12.3. The van der Waals surface area contributed by atoms with E-state index in [0.717, 1.165) is 16.3 Å². The van der Waals surface area contributed by atoms with Crippen molar-refractivity contribution in [2.45, 2.75) is 6.04 Å². The first-order valence-electron chi connectivity index (χ1n) is 6.88. The lowest BCUT2D eigenvalue weighted by atomic mass is 9.99. The molecule has 0 aromatic heterocycles. The summed E-state index contributed by atoms with van der Waals surface area (Å²) in [5.74, 6) is -0.297. The Hall–Kier alpha value is -2.39. The maximum Gasteiger partial charge on any atom is 0.125 e. The molecule has 1 atom stereocenters. The van der Waals surface area contributed by atoms with Gasteiger partial charge in [-0.3, -0.25) is 0 Å². The van der Waals surface area contributed by atoms with Gasteiger partial charge in [-0.1, -0.05) is 48.5 Å². The largest absolute Gasteiger partial charge is 0.394 e. The van der Waals surface area contributed by atoms with Crippen molar-refractivity contribution >= 4 is 16.5 Å². The van der Waals surface area contributed by atoms with Gasteiger partial charge in [0.2, 0.25) is 0 Å². The van der Waals surface area contributed by atoms with E-state index in [0.29, 0.717) is 5.69 Å². The summed E-state index contributed by atoms with van der Waals surface area (Å²) in [6.45, 7) is -0.0650. The zero-order chi connectivity index (χ0) is 14.7. The lowest BCUT2D eigenvalue weighted by Crippen LogP contribution is -2.15. The molecule has 0 aliphatic rings. The van der Waals surface area contributed by atoms with Gasteiger partial charge in [0.15, 0.2) is 0 Å². The highest BCUT2D eigenvalue weighted by atomic mass is 19.1. The molecular weight excluding hydrogens is 265 g/mol. The second kappa shape index (κ2) is 5.94. The molecule has 3 aromatic carbocycles. The Labute approximate surface area is 122 Å². The molecule has 0 heterocycles. The number of benzene rings is 3. The monoisotopic (exact) mass is 281 g/mol. The number of aliphatic hydroxyl groups excluding tert-OH is 1. The van der Waals surface area contributed by atoms with Crippen LogP contribution in [0.2, 0.25) is 0 Å². The van der Waals surface area contributed by atoms with Gasteiger partial charge >= 0.3 is 0 Å². The Morgan fingerprint density at radius 1 is 0.952 bits per heavy atom. The van der Waals surface area contributed by atoms with Crippen molar-refractivity contribution in [3.63, 3.8) is 0 Å². The summed E-state index contributed by atoms with van der Waals surface area (Å²) in [5, 5.41) is 15.1. The second-order valence-corrected chi connectivity index (χ2v) is 4.96. The molecule has 21 heavy (non-hydrogen) atoms. The van der Waals surface area contributed by atoms with Gasteiger partial charge in [0.1, 0.15) is 5.82 Å². The van der Waals surface area contributed by atoms with Crippen LogP contribution in [0, 0.1) is 5.82 Å². The molecule has 3 rings (SSSR count). The van der Waals surface area contributed by atoms with Crippen LogP contribution in [0.3, 0.4) is 0 Å². The summed E-state index contributed by atoms with van der Waals surface area (Å²) in [7, 11) is 0. The molecule has 0 fully saturated rings. The van der Waals surface area contributed by atoms with E-state index in [-0.39, 0.29) is 18.5 Å². The van der Waals surface area contributed by atoms with E-state index in [2.05, 4.69) is 5.32 Å². The molecular formula is C18H16FNO. The molecule has 0 spiro atoms. The second-order valence-electron chi connectivity index (χ2n) is 4.96. The third-order valence-corrected chi connectivity index (χ3v) is 3.55. The van der Waals surface area contributed by atoms with Crippen LogP contribution in [0.15, 0.2) is 66.7 Å². The number of aliphatic hydroxyl groups is 1. The maximum absolute atomic E-state index is 13.3. The minimum Gasteiger partial charge on any atom is -0.394 e. The average molecular weight is 281 g/mol. The van der Waals surface area contributed by atoms with Crippen molar-refractivity contribution in [3.8, 4) is 0 Å². The van der Waals surface area contributed by atoms with Crippen molar-refractivity contribution in [1.82, 2.24) is 0 Å². The highest BCUT2D eigenvalue weighted by molar-refractivity contribution is 5.86. The Morgan fingerprint density at radius 3 is 2.52 bits per heavy atom. The standard InChI is InChI=1S/C18H16FNO/c19-14-7-4-8-15(11-14)20-18(12-21)17-10-3-6-13-5-1-2-9-16(13)17/h1-11,18,20-21H,12H2. The summed E-state index contributed by atoms with van der Waals surface area (Å²) in [4.78, 5) is 0. The van der Waals surface area contributed by atoms with E-state index in [1.807, 2.05) is 42.5 Å². The van der Waals surface area contributed by atoms with Crippen molar-refractivity contribution in [3.05, 3.63) is 78.1 Å². The molecule has 3 heteroatoms. The highest BCUT2D eigenvalue weighted by Crippen LogP contribution is 2.27. The van der Waals surface area contributed by atoms with Crippen LogP contribution in [0.25, 0.3) is 10.8 Å². The summed E-state index contributed by atoms with van der Waals surface area (Å²) in [6.07, 6.45) is 0. The van der Waals surface area contributed by atoms with E-state index >= 15 is 0 Å². The van der Waals surface area contributed by atoms with Gasteiger partial charge in [0, 0.05) is 5.69 Å². The third kappa shape index (κ3) is 2.88. The lowest BCUT2D eigenvalue weighted by molar-refractivity contribution is 0.277. The van der Waals surface area contributed by atoms with Gasteiger partial charge in [0.05, 0.1) is 12.6 Å². The van der Waals surface area contributed by atoms with Crippen molar-refractivity contribution in [1.29, 1.82) is 0 Å². The number of halogens is 1. The van der Waals surface area contributed by atoms with Gasteiger partial charge < -0.3 is 10.4 Å². The van der Waals surface area contributed by atoms with E-state index in [9.17, 15) is 9.50 Å². The zero-order valence-corrected chi connectivity index (χ0v) is 11.5. The summed E-state index contributed by atoms with van der Waals surface area (Å²) in [5.41, 5.74) is 1.65. The molecule has 106 valence electrons. The molecule has 1 unspecified atom stereocenters. The Balaban J connectivity index is 1.98. The summed E-state index contributed by atoms with van der Waals surface area (Å²) in [6, 6.07) is 20.0. The quantitative estimate of drug-likeness (QED) is 0.754. The number of fused-ring (bicyclic) bond motifs is 1. The van der Waals surface area contributed by atoms with E-state index < -0.39 is 0 Å². The Bertz CT molecular complexity index is 752. The number of rotatable bonds is 4. The highest BCUT2D eigenvalue weighted by Gasteiger charge is 2.13. The smallest absolute Gasteiger partial charge is 0.125 e. The van der Waals surface area contributed by atoms with Crippen LogP contribution < -0.4 is 5.32 Å². The number of anilines is 1. The Kier molecular flexibility index (Phi) is 3.84. The first-order chi connectivity index (χ1) is 10.3. The van der Waals surface area contributed by atoms with E-state index in [1.54, 1.807) is 12.1 Å². The molecule has 0 saturated carbocycles. The molecule has 0 amide bonds. The SMILES string of the molecule is OCC(Nc1cccc(F)c1)c1cccc2ccccc12. The van der Waals surface area contributed by atoms with Crippen LogP contribution in [0.1, 0.15) is 11.6 Å². The third-order valence-electron chi connectivity index (χ3n) is 3.55. The molecule has 0 aliphatic heterocycles. The molecule has 2 nitrogen and oxygen atoms in total. The molecule has 0 radical (unpaired) electrons. The van der Waals surface area contributed by atoms with Crippen LogP contribution in [-0.2, 0) is 0 Å². The number of hydrogen-bond acceptors (Lipinski definition) is 2. The fourth-order valence-electron chi connectivity index (χ4n) is 2.56. The van der Waals surface area contributed by atoms with Gasteiger partial charge in [-0.15, -0.1) is 0 Å². The van der Waals surface area contributed by atoms with Crippen molar-refractivity contribution < 1.29 is 9.50 Å². The van der Waals surface area contributed by atoms with Gasteiger partial charge in [0.25, 0.3) is 0 Å². The van der Waals surface area contributed by atoms with Crippen molar-refractivity contribution in [2.24, 2.45) is 0 Å². The van der Waals surface area contributed by atoms with Crippen LogP contribution in [-0.4, -0.2) is 11.7 Å². The fourth-order valence-corrected chi connectivity index (χ4v) is 2.56. The summed E-state index contributed by atoms with van der Waals surface area (Å²) >= 11 is 0. The minimum absolute atomic E-state index is 0.0650. The first kappa shape index (κ1) is 13.6. The van der Waals surface area contributed by atoms with Gasteiger partial charge in [-0.05, 0) is 34.5 Å². The number of hydrogen-bond donors (Lipinski definition) is 2. The molecule has 0 aliphatic carbocycles. The van der Waals surface area contributed by atoms with Crippen LogP contribution >= 0.6 is 0 Å². The van der Waals surface area contributed by atoms with Crippen LogP contribution in [0.4, 0.5) is 10.1 Å². The molecule has 2 N–H and O–H groups in total. The van der Waals surface area contributed by atoms with Crippen LogP contribution in [0.5, 0.6) is 0 Å². The van der Waals surface area contributed by atoms with E-state index in [1.165, 1.54) is 12.1 Å². The number of nitrogens with one attached hydrogen (secondary N) is 1. The zero-order valence-electron chi connectivity index (χ0n) is 11.5. The molecule has 0 bridgehead atoms.